The summed E-state index contributed by atoms with van der Waals surface area (Å²) in [6.07, 6.45) is 5.36. The molecule has 0 aliphatic rings. The molecule has 0 aliphatic carbocycles. The number of nitrogens with one attached hydrogen (secondary N) is 2. The number of amides is 1. The first-order valence-corrected chi connectivity index (χ1v) is 11.1. The van der Waals surface area contributed by atoms with Crippen LogP contribution in [0.15, 0.2) is 55.0 Å². The molecule has 4 aromatic rings. The lowest BCUT2D eigenvalue weighted by Crippen LogP contribution is -2.32. The highest BCUT2D eigenvalue weighted by Crippen LogP contribution is 2.30. The summed E-state index contributed by atoms with van der Waals surface area (Å²) in [5, 5.41) is 10.2. The minimum atomic E-state index is -0.475. The molecule has 2 N–H and O–H groups in total. The Kier molecular flexibility index (Phi) is 6.83. The van der Waals surface area contributed by atoms with E-state index >= 15 is 0 Å². The van der Waals surface area contributed by atoms with Crippen LogP contribution in [-0.2, 0) is 7.05 Å². The standard InChI is InChI=1S/C25H28FN7O/c1-16(2)28-7-8-33(21-10-17(25(34)27-3)9-19(26)11-21)20-5-6-22-23(12-20)31-24(14-29-22)18-13-30-32(4)15-18/h5-6,9-16,28H,7-8H2,1-4H3,(H,27,34). The van der Waals surface area contributed by atoms with Gasteiger partial charge in [-0.05, 0) is 36.4 Å². The Morgan fingerprint density at radius 3 is 2.65 bits per heavy atom. The first-order valence-electron chi connectivity index (χ1n) is 11.1. The largest absolute Gasteiger partial charge is 0.355 e. The number of anilines is 2. The first-order chi connectivity index (χ1) is 16.3. The van der Waals surface area contributed by atoms with E-state index in [1.807, 2.05) is 36.3 Å². The summed E-state index contributed by atoms with van der Waals surface area (Å²) in [5.41, 5.74) is 4.73. The number of aryl methyl sites for hydroxylation is 1. The van der Waals surface area contributed by atoms with Crippen LogP contribution in [0.25, 0.3) is 22.3 Å². The number of halogens is 1. The molecule has 0 atom stereocenters. The molecule has 2 aromatic carbocycles. The van der Waals surface area contributed by atoms with E-state index in [1.54, 1.807) is 23.1 Å². The number of benzene rings is 2. The lowest BCUT2D eigenvalue weighted by Gasteiger charge is -2.26. The molecule has 176 valence electrons. The second-order valence-electron chi connectivity index (χ2n) is 8.37. The van der Waals surface area contributed by atoms with Gasteiger partial charge in [-0.2, -0.15) is 5.10 Å². The first kappa shape index (κ1) is 23.3. The van der Waals surface area contributed by atoms with Crippen LogP contribution in [0.4, 0.5) is 15.8 Å². The van der Waals surface area contributed by atoms with Gasteiger partial charge in [0.05, 0.1) is 29.1 Å². The third-order valence-electron chi connectivity index (χ3n) is 5.41. The van der Waals surface area contributed by atoms with Gasteiger partial charge in [0.2, 0.25) is 0 Å². The van der Waals surface area contributed by atoms with E-state index in [0.29, 0.717) is 30.3 Å². The van der Waals surface area contributed by atoms with Gasteiger partial charge in [-0.25, -0.2) is 9.37 Å². The predicted molar refractivity (Wildman–Crippen MR) is 132 cm³/mol. The summed E-state index contributed by atoms with van der Waals surface area (Å²) in [6, 6.07) is 10.4. The zero-order valence-corrected chi connectivity index (χ0v) is 19.7. The molecule has 0 aliphatic heterocycles. The Bertz CT molecular complexity index is 1320. The van der Waals surface area contributed by atoms with Gasteiger partial charge in [-0.3, -0.25) is 14.5 Å². The SMILES string of the molecule is CNC(=O)c1cc(F)cc(N(CCNC(C)C)c2ccc3ncc(-c4cnn(C)c4)nc3c2)c1. The molecule has 0 unspecified atom stereocenters. The molecule has 2 aromatic heterocycles. The number of fused-ring (bicyclic) bond motifs is 1. The molecule has 1 amide bonds. The average Bonchev–Trinajstić information content (AvgIpc) is 3.26. The third kappa shape index (κ3) is 5.20. The molecule has 8 nitrogen and oxygen atoms in total. The number of hydrogen-bond acceptors (Lipinski definition) is 6. The third-order valence-corrected chi connectivity index (χ3v) is 5.41. The van der Waals surface area contributed by atoms with Gasteiger partial charge in [0.15, 0.2) is 0 Å². The summed E-state index contributed by atoms with van der Waals surface area (Å²) in [6.45, 7) is 5.38. The topological polar surface area (TPSA) is 88.0 Å². The van der Waals surface area contributed by atoms with Gasteiger partial charge >= 0.3 is 0 Å². The van der Waals surface area contributed by atoms with E-state index < -0.39 is 5.82 Å². The Hall–Kier alpha value is -3.85. The fourth-order valence-corrected chi connectivity index (χ4v) is 3.74. The lowest BCUT2D eigenvalue weighted by atomic mass is 10.1. The summed E-state index contributed by atoms with van der Waals surface area (Å²) < 4.78 is 16.2. The molecule has 9 heteroatoms. The van der Waals surface area contributed by atoms with Crippen molar-refractivity contribution in [3.63, 3.8) is 0 Å². The van der Waals surface area contributed by atoms with Crippen LogP contribution >= 0.6 is 0 Å². The maximum absolute atomic E-state index is 14.5. The molecule has 0 fully saturated rings. The van der Waals surface area contributed by atoms with Crippen LogP contribution in [0.3, 0.4) is 0 Å². The molecule has 0 saturated carbocycles. The Balaban J connectivity index is 1.76. The fourth-order valence-electron chi connectivity index (χ4n) is 3.74. The van der Waals surface area contributed by atoms with Gasteiger partial charge in [0, 0.05) is 61.9 Å². The molecule has 0 saturated heterocycles. The van der Waals surface area contributed by atoms with Crippen LogP contribution < -0.4 is 15.5 Å². The van der Waals surface area contributed by atoms with Crippen molar-refractivity contribution >= 4 is 28.3 Å². The van der Waals surface area contributed by atoms with Crippen LogP contribution in [0, 0.1) is 5.82 Å². The predicted octanol–water partition coefficient (Wildman–Crippen LogP) is 3.67. The molecule has 4 rings (SSSR count). The molecular formula is C25H28FN7O. The number of carbonyl (C=O) groups excluding carboxylic acids is 1. The molecule has 0 bridgehead atoms. The fraction of sp³-hybridized carbons (Fsp3) is 0.280. The summed E-state index contributed by atoms with van der Waals surface area (Å²) in [7, 11) is 3.38. The molecular weight excluding hydrogens is 433 g/mol. The highest BCUT2D eigenvalue weighted by atomic mass is 19.1. The summed E-state index contributed by atoms with van der Waals surface area (Å²) in [5.74, 6) is -0.816. The van der Waals surface area contributed by atoms with Gasteiger partial charge < -0.3 is 15.5 Å². The van der Waals surface area contributed by atoms with Crippen molar-refractivity contribution in [1.82, 2.24) is 30.4 Å². The molecule has 0 radical (unpaired) electrons. The molecule has 34 heavy (non-hydrogen) atoms. The summed E-state index contributed by atoms with van der Waals surface area (Å²) >= 11 is 0. The van der Waals surface area contributed by atoms with Crippen LogP contribution in [0.5, 0.6) is 0 Å². The minimum Gasteiger partial charge on any atom is -0.355 e. The van der Waals surface area contributed by atoms with Crippen molar-refractivity contribution in [3.05, 3.63) is 66.4 Å². The van der Waals surface area contributed by atoms with Crippen LogP contribution in [0.2, 0.25) is 0 Å². The quantitative estimate of drug-likeness (QED) is 0.416. The average molecular weight is 462 g/mol. The Morgan fingerprint density at radius 2 is 1.94 bits per heavy atom. The van der Waals surface area contributed by atoms with Crippen molar-refractivity contribution in [2.75, 3.05) is 25.0 Å². The van der Waals surface area contributed by atoms with Crippen LogP contribution in [-0.4, -0.2) is 51.8 Å². The monoisotopic (exact) mass is 461 g/mol. The van der Waals surface area contributed by atoms with Gasteiger partial charge in [-0.1, -0.05) is 13.8 Å². The van der Waals surface area contributed by atoms with Gasteiger partial charge in [0.1, 0.15) is 5.82 Å². The highest BCUT2D eigenvalue weighted by molar-refractivity contribution is 5.95. The van der Waals surface area contributed by atoms with E-state index in [0.717, 1.165) is 22.5 Å². The van der Waals surface area contributed by atoms with Crippen molar-refractivity contribution < 1.29 is 9.18 Å². The number of aromatic nitrogens is 4. The lowest BCUT2D eigenvalue weighted by molar-refractivity contribution is 0.0962. The van der Waals surface area contributed by atoms with E-state index in [9.17, 15) is 9.18 Å². The maximum atomic E-state index is 14.5. The highest BCUT2D eigenvalue weighted by Gasteiger charge is 2.16. The van der Waals surface area contributed by atoms with Gasteiger partial charge in [0.25, 0.3) is 5.91 Å². The summed E-state index contributed by atoms with van der Waals surface area (Å²) in [4.78, 5) is 23.5. The zero-order valence-electron chi connectivity index (χ0n) is 19.7. The van der Waals surface area contributed by atoms with E-state index in [4.69, 9.17) is 4.98 Å². The number of hydrogen-bond donors (Lipinski definition) is 2. The van der Waals surface area contributed by atoms with E-state index in [-0.39, 0.29) is 11.5 Å². The second kappa shape index (κ2) is 9.96. The zero-order chi connectivity index (χ0) is 24.2. The molecule has 2 heterocycles. The molecule has 0 spiro atoms. The van der Waals surface area contributed by atoms with Crippen molar-refractivity contribution in [2.24, 2.45) is 7.05 Å². The van der Waals surface area contributed by atoms with Gasteiger partial charge in [-0.15, -0.1) is 0 Å². The number of nitrogens with zero attached hydrogens (tertiary/aromatic N) is 5. The van der Waals surface area contributed by atoms with Crippen LogP contribution in [0.1, 0.15) is 24.2 Å². The smallest absolute Gasteiger partial charge is 0.251 e. The van der Waals surface area contributed by atoms with Crippen molar-refractivity contribution in [1.29, 1.82) is 0 Å². The number of carbonyl (C=O) groups is 1. The van der Waals surface area contributed by atoms with Crippen molar-refractivity contribution in [3.8, 4) is 11.3 Å². The second-order valence-corrected chi connectivity index (χ2v) is 8.37. The Labute approximate surface area is 197 Å². The van der Waals surface area contributed by atoms with Crippen molar-refractivity contribution in [2.45, 2.75) is 19.9 Å². The van der Waals surface area contributed by atoms with E-state index in [1.165, 1.54) is 19.2 Å². The normalized spacial score (nSPS) is 11.2. The Morgan fingerprint density at radius 1 is 1.12 bits per heavy atom. The minimum absolute atomic E-state index is 0.263. The number of rotatable bonds is 8. The maximum Gasteiger partial charge on any atom is 0.251 e. The van der Waals surface area contributed by atoms with E-state index in [2.05, 4.69) is 34.6 Å².